The fraction of sp³-hybridized carbons (Fsp3) is 0.333. The van der Waals surface area contributed by atoms with Gasteiger partial charge in [-0.3, -0.25) is 0 Å². The molecule has 3 aromatic rings. The van der Waals surface area contributed by atoms with Gasteiger partial charge in [0.1, 0.15) is 29.2 Å². The second-order valence-corrected chi connectivity index (χ2v) is 10.4. The van der Waals surface area contributed by atoms with E-state index in [1.54, 1.807) is 42.7 Å². The van der Waals surface area contributed by atoms with Gasteiger partial charge in [-0.05, 0) is 58.0 Å². The number of aromatic nitrogens is 2. The van der Waals surface area contributed by atoms with Crippen molar-refractivity contribution in [2.45, 2.75) is 57.7 Å². The SMILES string of the molecule is CC1(C)CC(OC(=O)c2ccc(Oc3cccc(-c4ccnnc4)c3C#N)c(Cl)c2)CC(C)(C)N1. The minimum Gasteiger partial charge on any atom is -0.459 e. The van der Waals surface area contributed by atoms with Gasteiger partial charge in [-0.25, -0.2) is 4.79 Å². The summed E-state index contributed by atoms with van der Waals surface area (Å²) in [6, 6.07) is 14.0. The van der Waals surface area contributed by atoms with Gasteiger partial charge in [0, 0.05) is 35.0 Å². The van der Waals surface area contributed by atoms with E-state index in [0.717, 1.165) is 18.4 Å². The molecule has 180 valence electrons. The molecule has 8 heteroatoms. The highest BCUT2D eigenvalue weighted by Gasteiger charge is 2.39. The monoisotopic (exact) mass is 490 g/mol. The van der Waals surface area contributed by atoms with Crippen molar-refractivity contribution < 1.29 is 14.3 Å². The minimum absolute atomic E-state index is 0.138. The molecule has 7 nitrogen and oxygen atoms in total. The van der Waals surface area contributed by atoms with Gasteiger partial charge in [0.15, 0.2) is 0 Å². The first kappa shape index (κ1) is 24.6. The van der Waals surface area contributed by atoms with Crippen LogP contribution < -0.4 is 10.1 Å². The number of esters is 1. The summed E-state index contributed by atoms with van der Waals surface area (Å²) in [6.07, 6.45) is 4.38. The summed E-state index contributed by atoms with van der Waals surface area (Å²) >= 11 is 6.47. The highest BCUT2D eigenvalue weighted by Crippen LogP contribution is 2.36. The van der Waals surface area contributed by atoms with Crippen molar-refractivity contribution >= 4 is 17.6 Å². The van der Waals surface area contributed by atoms with Crippen LogP contribution in [0.5, 0.6) is 11.5 Å². The van der Waals surface area contributed by atoms with Crippen LogP contribution >= 0.6 is 11.6 Å². The second kappa shape index (κ2) is 9.65. The van der Waals surface area contributed by atoms with E-state index >= 15 is 0 Å². The van der Waals surface area contributed by atoms with Crippen molar-refractivity contribution in [2.75, 3.05) is 0 Å². The van der Waals surface area contributed by atoms with Gasteiger partial charge in [0.05, 0.1) is 23.0 Å². The molecule has 0 saturated carbocycles. The third-order valence-electron chi connectivity index (χ3n) is 5.85. The number of carbonyl (C=O) groups excluding carboxylic acids is 1. The minimum atomic E-state index is -0.429. The highest BCUT2D eigenvalue weighted by atomic mass is 35.5. The molecule has 1 fully saturated rings. The van der Waals surface area contributed by atoms with E-state index in [1.807, 2.05) is 6.07 Å². The standard InChI is InChI=1S/C27H27ClN4O3/c1-26(2)13-19(14-27(3,4)32-26)34-25(33)17-8-9-24(22(28)12-17)35-23-7-5-6-20(21(23)15-29)18-10-11-30-31-16-18/h5-12,16,19,32H,13-14H2,1-4H3. The molecule has 1 aromatic heterocycles. The summed E-state index contributed by atoms with van der Waals surface area (Å²) in [7, 11) is 0. The Bertz CT molecular complexity index is 1270. The Labute approximate surface area is 210 Å². The van der Waals surface area contributed by atoms with Gasteiger partial charge in [0.2, 0.25) is 0 Å². The predicted molar refractivity (Wildman–Crippen MR) is 133 cm³/mol. The molecule has 0 spiro atoms. The van der Waals surface area contributed by atoms with Crippen molar-refractivity contribution in [1.29, 1.82) is 5.26 Å². The summed E-state index contributed by atoms with van der Waals surface area (Å²) < 4.78 is 11.8. The van der Waals surface area contributed by atoms with Crippen LogP contribution in [0.15, 0.2) is 54.9 Å². The third-order valence-corrected chi connectivity index (χ3v) is 6.14. The molecule has 2 heterocycles. The van der Waals surface area contributed by atoms with Crippen molar-refractivity contribution in [3.8, 4) is 28.7 Å². The number of nitriles is 1. The fourth-order valence-electron chi connectivity index (χ4n) is 4.78. The zero-order chi connectivity index (χ0) is 25.2. The van der Waals surface area contributed by atoms with E-state index in [-0.39, 0.29) is 22.2 Å². The summed E-state index contributed by atoms with van der Waals surface area (Å²) in [5.74, 6) is 0.244. The molecule has 0 unspecified atom stereocenters. The van der Waals surface area contributed by atoms with Crippen LogP contribution in [0.2, 0.25) is 5.02 Å². The lowest BCUT2D eigenvalue weighted by Gasteiger charge is -2.45. The molecule has 2 aromatic carbocycles. The average Bonchev–Trinajstić information content (AvgIpc) is 2.78. The topological polar surface area (TPSA) is 97.1 Å². The Balaban J connectivity index is 1.53. The van der Waals surface area contributed by atoms with Crippen LogP contribution in [0.3, 0.4) is 0 Å². The molecule has 0 bridgehead atoms. The van der Waals surface area contributed by atoms with E-state index in [2.05, 4.69) is 49.3 Å². The number of piperidine rings is 1. The fourth-order valence-corrected chi connectivity index (χ4v) is 5.00. The molecule has 35 heavy (non-hydrogen) atoms. The molecule has 1 saturated heterocycles. The first-order chi connectivity index (χ1) is 16.6. The summed E-state index contributed by atoms with van der Waals surface area (Å²) in [4.78, 5) is 12.9. The maximum absolute atomic E-state index is 12.9. The number of rotatable bonds is 5. The van der Waals surface area contributed by atoms with E-state index < -0.39 is 5.97 Å². The molecule has 1 aliphatic heterocycles. The second-order valence-electron chi connectivity index (χ2n) is 10.00. The average molecular weight is 491 g/mol. The number of hydrogen-bond acceptors (Lipinski definition) is 7. The highest BCUT2D eigenvalue weighted by molar-refractivity contribution is 6.32. The van der Waals surface area contributed by atoms with Crippen LogP contribution in [-0.4, -0.2) is 33.3 Å². The summed E-state index contributed by atoms with van der Waals surface area (Å²) in [5, 5.41) is 21.3. The Hall–Kier alpha value is -3.47. The number of carbonyl (C=O) groups is 1. The molecule has 0 atom stereocenters. The Morgan fingerprint density at radius 1 is 1.09 bits per heavy atom. The first-order valence-corrected chi connectivity index (χ1v) is 11.7. The molecule has 1 N–H and O–H groups in total. The smallest absolute Gasteiger partial charge is 0.338 e. The number of nitrogens with one attached hydrogen (secondary N) is 1. The third kappa shape index (κ3) is 5.79. The van der Waals surface area contributed by atoms with Crippen LogP contribution in [0, 0.1) is 11.3 Å². The molecule has 0 amide bonds. The zero-order valence-corrected chi connectivity index (χ0v) is 20.9. The van der Waals surface area contributed by atoms with E-state index in [9.17, 15) is 10.1 Å². The van der Waals surface area contributed by atoms with Gasteiger partial charge in [0.25, 0.3) is 0 Å². The Morgan fingerprint density at radius 2 is 1.83 bits per heavy atom. The lowest BCUT2D eigenvalue weighted by molar-refractivity contribution is -0.00638. The zero-order valence-electron chi connectivity index (χ0n) is 20.1. The molecule has 0 radical (unpaired) electrons. The quantitative estimate of drug-likeness (QED) is 0.443. The number of halogens is 1. The van der Waals surface area contributed by atoms with E-state index in [4.69, 9.17) is 21.1 Å². The Morgan fingerprint density at radius 3 is 2.46 bits per heavy atom. The molecular formula is C27H27ClN4O3. The number of nitrogens with zero attached hydrogens (tertiary/aromatic N) is 3. The normalized spacial score (nSPS) is 16.8. The van der Waals surface area contributed by atoms with Crippen LogP contribution in [-0.2, 0) is 4.74 Å². The van der Waals surface area contributed by atoms with Crippen molar-refractivity contribution in [2.24, 2.45) is 0 Å². The van der Waals surface area contributed by atoms with Crippen LogP contribution in [0.4, 0.5) is 0 Å². The number of hydrogen-bond donors (Lipinski definition) is 1. The number of ether oxygens (including phenoxy) is 2. The van der Waals surface area contributed by atoms with E-state index in [1.165, 1.54) is 6.07 Å². The number of benzene rings is 2. The Kier molecular flexibility index (Phi) is 6.79. The van der Waals surface area contributed by atoms with Crippen LogP contribution in [0.25, 0.3) is 11.1 Å². The van der Waals surface area contributed by atoms with Gasteiger partial charge in [-0.1, -0.05) is 23.7 Å². The van der Waals surface area contributed by atoms with Crippen molar-refractivity contribution in [3.63, 3.8) is 0 Å². The summed E-state index contributed by atoms with van der Waals surface area (Å²) in [6.45, 7) is 8.42. The van der Waals surface area contributed by atoms with Gasteiger partial charge < -0.3 is 14.8 Å². The maximum Gasteiger partial charge on any atom is 0.338 e. The molecule has 4 rings (SSSR count). The van der Waals surface area contributed by atoms with E-state index in [0.29, 0.717) is 28.2 Å². The lowest BCUT2D eigenvalue weighted by atomic mass is 9.81. The molecule has 1 aliphatic rings. The van der Waals surface area contributed by atoms with Crippen molar-refractivity contribution in [1.82, 2.24) is 15.5 Å². The molecular weight excluding hydrogens is 464 g/mol. The van der Waals surface area contributed by atoms with Gasteiger partial charge in [-0.15, -0.1) is 0 Å². The first-order valence-electron chi connectivity index (χ1n) is 11.3. The van der Waals surface area contributed by atoms with Gasteiger partial charge in [-0.2, -0.15) is 15.5 Å². The molecule has 0 aliphatic carbocycles. The van der Waals surface area contributed by atoms with Gasteiger partial charge >= 0.3 is 5.97 Å². The summed E-state index contributed by atoms with van der Waals surface area (Å²) in [5.41, 5.74) is 1.83. The largest absolute Gasteiger partial charge is 0.459 e. The maximum atomic E-state index is 12.9. The van der Waals surface area contributed by atoms with Crippen molar-refractivity contribution in [3.05, 3.63) is 71.0 Å². The predicted octanol–water partition coefficient (Wildman–Crippen LogP) is 5.93. The lowest BCUT2D eigenvalue weighted by Crippen LogP contribution is -2.59. The van der Waals surface area contributed by atoms with Crippen LogP contribution in [0.1, 0.15) is 56.5 Å².